The second-order valence-electron chi connectivity index (χ2n) is 8.73. The van der Waals surface area contributed by atoms with E-state index in [1.807, 2.05) is 13.8 Å². The van der Waals surface area contributed by atoms with Gasteiger partial charge in [0.15, 0.2) is 11.5 Å². The van der Waals surface area contributed by atoms with Gasteiger partial charge in [-0.3, -0.25) is 10.2 Å². The third-order valence-electron chi connectivity index (χ3n) is 6.64. The lowest BCUT2D eigenvalue weighted by atomic mass is 9.49. The Kier molecular flexibility index (Phi) is 5.50. The summed E-state index contributed by atoms with van der Waals surface area (Å²) in [5.41, 5.74) is 2.11. The Bertz CT molecular complexity index is 848. The van der Waals surface area contributed by atoms with Gasteiger partial charge in [-0.1, -0.05) is 0 Å². The molecule has 1 aromatic carbocycles. The van der Waals surface area contributed by atoms with E-state index in [1.165, 1.54) is 31.4 Å². The molecule has 160 valence electrons. The van der Waals surface area contributed by atoms with E-state index in [4.69, 9.17) is 9.47 Å². The van der Waals surface area contributed by atoms with Crippen molar-refractivity contribution in [3.8, 4) is 11.5 Å². The van der Waals surface area contributed by atoms with Crippen LogP contribution in [0, 0.1) is 23.2 Å². The van der Waals surface area contributed by atoms with Crippen LogP contribution in [0.15, 0.2) is 23.1 Å². The van der Waals surface area contributed by atoms with Crippen molar-refractivity contribution in [3.05, 3.63) is 18.2 Å². The van der Waals surface area contributed by atoms with E-state index in [0.717, 1.165) is 19.3 Å². The van der Waals surface area contributed by atoms with E-state index in [2.05, 4.69) is 10.3 Å². The molecule has 4 aliphatic carbocycles. The summed E-state index contributed by atoms with van der Waals surface area (Å²) in [7, 11) is -3.92. The van der Waals surface area contributed by atoms with E-state index in [0.29, 0.717) is 42.5 Å². The highest BCUT2D eigenvalue weighted by atomic mass is 32.2. The lowest BCUT2D eigenvalue weighted by Crippen LogP contribution is -2.56. The maximum atomic E-state index is 13.0. The number of hydrogen-bond donors (Lipinski definition) is 2. The monoisotopic (exact) mass is 422 g/mol. The summed E-state index contributed by atoms with van der Waals surface area (Å²) in [6.45, 7) is 4.51. The van der Waals surface area contributed by atoms with E-state index >= 15 is 0 Å². The van der Waals surface area contributed by atoms with Crippen LogP contribution in [0.2, 0.25) is 0 Å². The van der Waals surface area contributed by atoms with Crippen molar-refractivity contribution in [1.29, 1.82) is 0 Å². The summed E-state index contributed by atoms with van der Waals surface area (Å²) >= 11 is 0. The van der Waals surface area contributed by atoms with Crippen LogP contribution in [0.4, 0.5) is 0 Å². The van der Waals surface area contributed by atoms with Crippen molar-refractivity contribution < 1.29 is 22.7 Å². The fourth-order valence-corrected chi connectivity index (χ4v) is 6.75. The molecule has 7 nitrogen and oxygen atoms in total. The molecule has 0 radical (unpaired) electrons. The number of carbonyl (C=O) groups excluding carboxylic acids is 1. The largest absolute Gasteiger partial charge is 0.490 e. The van der Waals surface area contributed by atoms with Crippen molar-refractivity contribution >= 4 is 15.9 Å². The lowest BCUT2D eigenvalue weighted by molar-refractivity contribution is -0.146. The van der Waals surface area contributed by atoms with Gasteiger partial charge in [-0.2, -0.15) is 0 Å². The Morgan fingerprint density at radius 2 is 1.55 bits per heavy atom. The van der Waals surface area contributed by atoms with Crippen molar-refractivity contribution in [2.24, 2.45) is 23.2 Å². The predicted octanol–water partition coefficient (Wildman–Crippen LogP) is 3.01. The predicted molar refractivity (Wildman–Crippen MR) is 108 cm³/mol. The molecule has 29 heavy (non-hydrogen) atoms. The molecule has 0 unspecified atom stereocenters. The van der Waals surface area contributed by atoms with Gasteiger partial charge in [0.1, 0.15) is 0 Å². The molecule has 0 atom stereocenters. The van der Waals surface area contributed by atoms with Crippen molar-refractivity contribution in [2.45, 2.75) is 57.3 Å². The van der Waals surface area contributed by atoms with E-state index in [-0.39, 0.29) is 10.8 Å². The number of ether oxygens (including phenoxy) is 2. The highest BCUT2D eigenvalue weighted by Gasteiger charge is 2.54. The molecule has 4 aliphatic rings. The first-order valence-corrected chi connectivity index (χ1v) is 12.1. The summed E-state index contributed by atoms with van der Waals surface area (Å²) in [4.78, 5) is 15.3. The molecule has 0 aromatic heterocycles. The molecule has 0 spiro atoms. The van der Waals surface area contributed by atoms with Crippen molar-refractivity contribution in [2.75, 3.05) is 13.2 Å². The standard InChI is InChI=1S/C21H30N2O5S/c1-3-27-18-6-5-17(10-19(18)28-4-2)29(25,26)23-22-20(24)21-11-14-7-15(12-21)9-16(8-14)13-21/h5-6,10,14-16,23H,3-4,7-9,11-13H2,1-2H3,(H,22,24). The van der Waals surface area contributed by atoms with Crippen LogP contribution < -0.4 is 19.7 Å². The number of carbonyl (C=O) groups is 1. The zero-order valence-electron chi connectivity index (χ0n) is 17.1. The maximum absolute atomic E-state index is 13.0. The molecule has 4 fully saturated rings. The summed E-state index contributed by atoms with van der Waals surface area (Å²) in [6.07, 6.45) is 6.32. The molecule has 1 aromatic rings. The van der Waals surface area contributed by atoms with Crippen LogP contribution in [0.25, 0.3) is 0 Å². The molecule has 0 saturated heterocycles. The highest BCUT2D eigenvalue weighted by Crippen LogP contribution is 2.60. The molecule has 5 rings (SSSR count). The molecule has 0 aliphatic heterocycles. The van der Waals surface area contributed by atoms with E-state index in [1.54, 1.807) is 6.07 Å². The Morgan fingerprint density at radius 1 is 1.00 bits per heavy atom. The van der Waals surface area contributed by atoms with E-state index < -0.39 is 15.4 Å². The van der Waals surface area contributed by atoms with Gasteiger partial charge >= 0.3 is 0 Å². The van der Waals surface area contributed by atoms with Crippen LogP contribution in [0.1, 0.15) is 52.4 Å². The van der Waals surface area contributed by atoms with Gasteiger partial charge in [0.2, 0.25) is 5.91 Å². The molecular formula is C21H30N2O5S. The minimum atomic E-state index is -3.92. The van der Waals surface area contributed by atoms with Gasteiger partial charge in [0, 0.05) is 6.07 Å². The number of hydrogen-bond acceptors (Lipinski definition) is 5. The third kappa shape index (κ3) is 3.97. The molecule has 4 bridgehead atoms. The molecule has 2 N–H and O–H groups in total. The Morgan fingerprint density at radius 3 is 2.10 bits per heavy atom. The zero-order valence-corrected chi connectivity index (χ0v) is 17.9. The van der Waals surface area contributed by atoms with Gasteiger partial charge in [-0.25, -0.2) is 8.42 Å². The summed E-state index contributed by atoms with van der Waals surface area (Å²) in [5, 5.41) is 0. The SMILES string of the molecule is CCOc1ccc(S(=O)(=O)NNC(=O)C23CC4CC(CC(C4)C2)C3)cc1OCC. The molecule has 4 saturated carbocycles. The summed E-state index contributed by atoms with van der Waals surface area (Å²) < 4.78 is 36.5. The first-order valence-electron chi connectivity index (χ1n) is 10.6. The smallest absolute Gasteiger partial charge is 0.257 e. The van der Waals surface area contributed by atoms with Gasteiger partial charge < -0.3 is 9.47 Å². The second-order valence-corrected chi connectivity index (χ2v) is 10.4. The Labute approximate surface area is 172 Å². The van der Waals surface area contributed by atoms with Crippen LogP contribution in [0.5, 0.6) is 11.5 Å². The average Bonchev–Trinajstić information content (AvgIpc) is 2.67. The van der Waals surface area contributed by atoms with Crippen molar-refractivity contribution in [3.63, 3.8) is 0 Å². The van der Waals surface area contributed by atoms with Gasteiger partial charge in [0.25, 0.3) is 10.0 Å². The lowest BCUT2D eigenvalue weighted by Gasteiger charge is -2.55. The van der Waals surface area contributed by atoms with Crippen LogP contribution in [-0.2, 0) is 14.8 Å². The number of benzene rings is 1. The number of amides is 1. The molecule has 0 heterocycles. The number of nitrogens with one attached hydrogen (secondary N) is 2. The topological polar surface area (TPSA) is 93.7 Å². The fourth-order valence-electron chi connectivity index (χ4n) is 5.89. The minimum absolute atomic E-state index is 0.0233. The fraction of sp³-hybridized carbons (Fsp3) is 0.667. The summed E-state index contributed by atoms with van der Waals surface area (Å²) in [5.74, 6) is 2.52. The second kappa shape index (κ2) is 7.80. The van der Waals surface area contributed by atoms with Crippen LogP contribution in [0.3, 0.4) is 0 Å². The third-order valence-corrected chi connectivity index (χ3v) is 7.89. The molecule has 1 amide bonds. The Balaban J connectivity index is 1.46. The normalized spacial score (nSPS) is 30.2. The number of rotatable bonds is 8. The molecular weight excluding hydrogens is 392 g/mol. The minimum Gasteiger partial charge on any atom is -0.490 e. The Hall–Kier alpha value is -1.80. The van der Waals surface area contributed by atoms with Crippen LogP contribution >= 0.6 is 0 Å². The van der Waals surface area contributed by atoms with Gasteiger partial charge in [0.05, 0.1) is 23.5 Å². The number of sulfonamides is 1. The van der Waals surface area contributed by atoms with Gasteiger partial charge in [-0.05, 0) is 82.3 Å². The first-order chi connectivity index (χ1) is 13.8. The highest BCUT2D eigenvalue weighted by molar-refractivity contribution is 7.89. The number of hydrazine groups is 1. The molecule has 8 heteroatoms. The summed E-state index contributed by atoms with van der Waals surface area (Å²) in [6, 6.07) is 4.45. The quantitative estimate of drug-likeness (QED) is 0.628. The first kappa shape index (κ1) is 20.5. The van der Waals surface area contributed by atoms with Crippen molar-refractivity contribution in [1.82, 2.24) is 10.3 Å². The zero-order chi connectivity index (χ0) is 20.6. The average molecular weight is 423 g/mol. The van der Waals surface area contributed by atoms with E-state index in [9.17, 15) is 13.2 Å². The maximum Gasteiger partial charge on any atom is 0.257 e. The van der Waals surface area contributed by atoms with Gasteiger partial charge in [-0.15, -0.1) is 4.83 Å². The van der Waals surface area contributed by atoms with Crippen LogP contribution in [-0.4, -0.2) is 27.5 Å².